The molecule has 0 amide bonds. The first-order valence-electron chi connectivity index (χ1n) is 6.83. The molecule has 1 aliphatic carbocycles. The first-order valence-corrected chi connectivity index (χ1v) is 7.59. The van der Waals surface area contributed by atoms with Gasteiger partial charge in [0.15, 0.2) is 0 Å². The molecule has 2 bridgehead atoms. The second-order valence-corrected chi connectivity index (χ2v) is 6.60. The van der Waals surface area contributed by atoms with Crippen LogP contribution in [0.5, 0.6) is 0 Å². The van der Waals surface area contributed by atoms with Crippen LogP contribution in [0.4, 0.5) is 0 Å². The second-order valence-electron chi connectivity index (χ2n) is 5.79. The summed E-state index contributed by atoms with van der Waals surface area (Å²) in [6.07, 6.45) is 3.62. The molecule has 4 heteroatoms. The van der Waals surface area contributed by atoms with Crippen LogP contribution in [0.25, 0.3) is 0 Å². The SMILES string of the molecule is COCC1CN[C@@H]2CC[C@]1(c1ccc(Cl)c(Cl)c1)C2. The van der Waals surface area contributed by atoms with E-state index >= 15 is 0 Å². The molecule has 19 heavy (non-hydrogen) atoms. The number of hydrogen-bond donors (Lipinski definition) is 1. The van der Waals surface area contributed by atoms with Crippen molar-refractivity contribution in [1.82, 2.24) is 5.32 Å². The van der Waals surface area contributed by atoms with Crippen LogP contribution in [0.1, 0.15) is 24.8 Å². The Morgan fingerprint density at radius 1 is 1.37 bits per heavy atom. The Labute approximate surface area is 124 Å². The Bertz CT molecular complexity index is 479. The van der Waals surface area contributed by atoms with Crippen molar-refractivity contribution < 1.29 is 4.74 Å². The molecule has 2 fully saturated rings. The van der Waals surface area contributed by atoms with Crippen LogP contribution in [0, 0.1) is 5.92 Å². The first kappa shape index (κ1) is 13.7. The zero-order valence-electron chi connectivity index (χ0n) is 11.1. The van der Waals surface area contributed by atoms with E-state index in [9.17, 15) is 0 Å². The number of piperidine rings is 1. The number of halogens is 2. The molecule has 3 rings (SSSR count). The van der Waals surface area contributed by atoms with Gasteiger partial charge >= 0.3 is 0 Å². The number of rotatable bonds is 3. The van der Waals surface area contributed by atoms with Crippen molar-refractivity contribution in [2.24, 2.45) is 5.92 Å². The Balaban J connectivity index is 2.00. The summed E-state index contributed by atoms with van der Waals surface area (Å²) in [5.74, 6) is 0.508. The summed E-state index contributed by atoms with van der Waals surface area (Å²) in [6.45, 7) is 1.82. The summed E-state index contributed by atoms with van der Waals surface area (Å²) < 4.78 is 5.43. The van der Waals surface area contributed by atoms with Crippen LogP contribution in [0.2, 0.25) is 10.0 Å². The van der Waals surface area contributed by atoms with E-state index in [0.29, 0.717) is 22.0 Å². The number of hydrogen-bond acceptors (Lipinski definition) is 2. The van der Waals surface area contributed by atoms with E-state index < -0.39 is 0 Å². The van der Waals surface area contributed by atoms with E-state index in [1.54, 1.807) is 7.11 Å². The van der Waals surface area contributed by atoms with Crippen LogP contribution < -0.4 is 5.32 Å². The van der Waals surface area contributed by atoms with Gasteiger partial charge in [-0.05, 0) is 37.0 Å². The predicted molar refractivity (Wildman–Crippen MR) is 79.1 cm³/mol. The topological polar surface area (TPSA) is 21.3 Å². The second kappa shape index (κ2) is 5.25. The highest BCUT2D eigenvalue weighted by Gasteiger charge is 2.49. The smallest absolute Gasteiger partial charge is 0.0595 e. The van der Waals surface area contributed by atoms with Crippen molar-refractivity contribution in [2.75, 3.05) is 20.3 Å². The van der Waals surface area contributed by atoms with Crippen molar-refractivity contribution in [3.63, 3.8) is 0 Å². The molecule has 1 aliphatic heterocycles. The van der Waals surface area contributed by atoms with Gasteiger partial charge in [-0.2, -0.15) is 0 Å². The average Bonchev–Trinajstić information content (AvgIpc) is 2.76. The molecule has 0 spiro atoms. The predicted octanol–water partition coefficient (Wildman–Crippen LogP) is 3.65. The number of benzene rings is 1. The zero-order chi connectivity index (χ0) is 13.5. The maximum atomic E-state index is 6.21. The lowest BCUT2D eigenvalue weighted by Gasteiger charge is -2.42. The Morgan fingerprint density at radius 3 is 2.95 bits per heavy atom. The number of nitrogens with one attached hydrogen (secondary N) is 1. The van der Waals surface area contributed by atoms with Crippen LogP contribution in [-0.4, -0.2) is 26.3 Å². The van der Waals surface area contributed by atoms with Crippen molar-refractivity contribution in [3.8, 4) is 0 Å². The van der Waals surface area contributed by atoms with Gasteiger partial charge in [-0.1, -0.05) is 29.3 Å². The van der Waals surface area contributed by atoms with Gasteiger partial charge < -0.3 is 10.1 Å². The van der Waals surface area contributed by atoms with Crippen LogP contribution in [0.3, 0.4) is 0 Å². The third kappa shape index (κ3) is 2.29. The summed E-state index contributed by atoms with van der Waals surface area (Å²) in [6, 6.07) is 6.76. The Morgan fingerprint density at radius 2 is 2.21 bits per heavy atom. The highest BCUT2D eigenvalue weighted by Crippen LogP contribution is 2.50. The van der Waals surface area contributed by atoms with Gasteiger partial charge in [0.2, 0.25) is 0 Å². The van der Waals surface area contributed by atoms with Crippen LogP contribution >= 0.6 is 23.2 Å². The van der Waals surface area contributed by atoms with E-state index in [-0.39, 0.29) is 5.41 Å². The maximum Gasteiger partial charge on any atom is 0.0595 e. The minimum Gasteiger partial charge on any atom is -0.384 e. The van der Waals surface area contributed by atoms with Crippen LogP contribution in [-0.2, 0) is 10.2 Å². The van der Waals surface area contributed by atoms with Gasteiger partial charge in [0, 0.05) is 31.0 Å². The maximum absolute atomic E-state index is 6.21. The van der Waals surface area contributed by atoms with Crippen molar-refractivity contribution in [1.29, 1.82) is 0 Å². The number of ether oxygens (including phenoxy) is 1. The summed E-state index contributed by atoms with van der Waals surface area (Å²) >= 11 is 12.3. The van der Waals surface area contributed by atoms with Gasteiger partial charge in [-0.25, -0.2) is 0 Å². The quantitative estimate of drug-likeness (QED) is 0.920. The summed E-state index contributed by atoms with van der Waals surface area (Å²) in [5.41, 5.74) is 1.54. The normalized spacial score (nSPS) is 33.6. The summed E-state index contributed by atoms with van der Waals surface area (Å²) in [4.78, 5) is 0. The van der Waals surface area contributed by atoms with Crippen molar-refractivity contribution in [3.05, 3.63) is 33.8 Å². The molecule has 2 aliphatic rings. The zero-order valence-corrected chi connectivity index (χ0v) is 12.6. The lowest BCUT2D eigenvalue weighted by atomic mass is 9.67. The molecule has 2 nitrogen and oxygen atoms in total. The molecule has 1 aromatic rings. The number of methoxy groups -OCH3 is 1. The molecule has 1 heterocycles. The highest BCUT2D eigenvalue weighted by molar-refractivity contribution is 6.42. The fourth-order valence-corrected chi connectivity index (χ4v) is 4.15. The summed E-state index contributed by atoms with van der Waals surface area (Å²) in [7, 11) is 1.78. The minimum atomic E-state index is 0.208. The Kier molecular flexibility index (Phi) is 3.78. The van der Waals surface area contributed by atoms with E-state index in [1.165, 1.54) is 24.8 Å². The molecule has 1 unspecified atom stereocenters. The van der Waals surface area contributed by atoms with E-state index in [4.69, 9.17) is 27.9 Å². The van der Waals surface area contributed by atoms with Gasteiger partial charge in [0.1, 0.15) is 0 Å². The first-order chi connectivity index (χ1) is 9.15. The van der Waals surface area contributed by atoms with Gasteiger partial charge in [-0.15, -0.1) is 0 Å². The molecule has 1 saturated heterocycles. The largest absolute Gasteiger partial charge is 0.384 e. The summed E-state index contributed by atoms with van der Waals surface area (Å²) in [5, 5.41) is 4.92. The molecule has 0 radical (unpaired) electrons. The van der Waals surface area contributed by atoms with Crippen molar-refractivity contribution >= 4 is 23.2 Å². The molecular formula is C15H19Cl2NO. The lowest BCUT2D eigenvalue weighted by molar-refractivity contribution is 0.0889. The molecule has 1 N–H and O–H groups in total. The molecule has 1 aromatic carbocycles. The standard InChI is InChI=1S/C15H19Cl2NO/c1-19-9-11-8-18-12-4-5-15(11,7-12)10-2-3-13(16)14(17)6-10/h2-3,6,11-12,18H,4-5,7-9H2,1H3/t11?,12-,15-/m1/s1. The molecule has 1 saturated carbocycles. The van der Waals surface area contributed by atoms with Gasteiger partial charge in [-0.3, -0.25) is 0 Å². The third-order valence-corrected chi connectivity index (χ3v) is 5.59. The minimum absolute atomic E-state index is 0.208. The molecule has 0 aromatic heterocycles. The van der Waals surface area contributed by atoms with E-state index in [2.05, 4.69) is 17.4 Å². The third-order valence-electron chi connectivity index (χ3n) is 4.85. The highest BCUT2D eigenvalue weighted by atomic mass is 35.5. The van der Waals surface area contributed by atoms with Crippen molar-refractivity contribution in [2.45, 2.75) is 30.7 Å². The molecular weight excluding hydrogens is 281 g/mol. The van der Waals surface area contributed by atoms with Gasteiger partial charge in [0.25, 0.3) is 0 Å². The Hall–Kier alpha value is -0.280. The average molecular weight is 300 g/mol. The van der Waals surface area contributed by atoms with E-state index in [1.807, 2.05) is 6.07 Å². The van der Waals surface area contributed by atoms with Crippen LogP contribution in [0.15, 0.2) is 18.2 Å². The number of fused-ring (bicyclic) bond motifs is 2. The molecule has 104 valence electrons. The fraction of sp³-hybridized carbons (Fsp3) is 0.600. The monoisotopic (exact) mass is 299 g/mol. The fourth-order valence-electron chi connectivity index (χ4n) is 3.85. The van der Waals surface area contributed by atoms with E-state index in [0.717, 1.165) is 13.2 Å². The molecule has 3 atom stereocenters. The van der Waals surface area contributed by atoms with Gasteiger partial charge in [0.05, 0.1) is 16.7 Å². The lowest BCUT2D eigenvalue weighted by Crippen LogP contribution is -2.48.